The molecule has 0 aliphatic heterocycles. The average Bonchev–Trinajstić information content (AvgIpc) is 2.81. The zero-order chi connectivity index (χ0) is 13.0. The van der Waals surface area contributed by atoms with Crippen molar-refractivity contribution in [3.8, 4) is 0 Å². The van der Waals surface area contributed by atoms with Gasteiger partial charge in [0.1, 0.15) is 0 Å². The minimum absolute atomic E-state index is 0.0222. The number of nitrogens with one attached hydrogen (secondary N) is 3. The lowest BCUT2D eigenvalue weighted by molar-refractivity contribution is -0.125. The fourth-order valence-electron chi connectivity index (χ4n) is 2.08. The number of H-pyrrole nitrogens is 1. The molecule has 7 nitrogen and oxygen atoms in total. The molecule has 1 unspecified atom stereocenters. The number of hydrogen-bond acceptors (Lipinski definition) is 4. The van der Waals surface area contributed by atoms with E-state index in [4.69, 9.17) is 0 Å². The summed E-state index contributed by atoms with van der Waals surface area (Å²) in [5.41, 5.74) is 1.86. The fraction of sp³-hybridized carbons (Fsp3) is 0.636. The molecule has 1 atom stereocenters. The van der Waals surface area contributed by atoms with Gasteiger partial charge in [-0.1, -0.05) is 0 Å². The number of aromatic amines is 1. The zero-order valence-corrected chi connectivity index (χ0v) is 10.3. The van der Waals surface area contributed by atoms with Gasteiger partial charge in [-0.05, 0) is 12.8 Å². The van der Waals surface area contributed by atoms with Gasteiger partial charge in [-0.3, -0.25) is 9.59 Å². The van der Waals surface area contributed by atoms with E-state index in [9.17, 15) is 9.59 Å². The highest BCUT2D eigenvalue weighted by Gasteiger charge is 2.26. The Morgan fingerprint density at radius 2 is 2.00 bits per heavy atom. The third-order valence-electron chi connectivity index (χ3n) is 3.04. The highest BCUT2D eigenvalue weighted by atomic mass is 16.2. The Morgan fingerprint density at radius 1 is 1.28 bits per heavy atom. The second-order valence-electron chi connectivity index (χ2n) is 4.43. The zero-order valence-electron chi connectivity index (χ0n) is 10.3. The first kappa shape index (κ1) is 12.5. The van der Waals surface area contributed by atoms with E-state index in [1.54, 1.807) is 0 Å². The highest BCUT2D eigenvalue weighted by molar-refractivity contribution is 5.79. The predicted molar refractivity (Wildman–Crippen MR) is 63.6 cm³/mol. The van der Waals surface area contributed by atoms with E-state index in [0.29, 0.717) is 19.5 Å². The Morgan fingerprint density at radius 3 is 2.78 bits per heavy atom. The van der Waals surface area contributed by atoms with Crippen LogP contribution in [0.3, 0.4) is 0 Å². The van der Waals surface area contributed by atoms with Gasteiger partial charge in [0.15, 0.2) is 0 Å². The first-order valence-corrected chi connectivity index (χ1v) is 6.07. The van der Waals surface area contributed by atoms with Crippen LogP contribution in [0.5, 0.6) is 0 Å². The third-order valence-corrected chi connectivity index (χ3v) is 3.04. The van der Waals surface area contributed by atoms with Crippen molar-refractivity contribution in [2.45, 2.75) is 26.2 Å². The van der Waals surface area contributed by atoms with Crippen molar-refractivity contribution in [3.05, 3.63) is 11.4 Å². The summed E-state index contributed by atoms with van der Waals surface area (Å²) in [6.07, 6.45) is 2.22. The maximum absolute atomic E-state index is 11.9. The Hall–Kier alpha value is -1.92. The number of carbonyl (C=O) groups is 2. The van der Waals surface area contributed by atoms with E-state index in [1.807, 2.05) is 0 Å². The van der Waals surface area contributed by atoms with E-state index >= 15 is 0 Å². The summed E-state index contributed by atoms with van der Waals surface area (Å²) in [5.74, 6) is -0.108. The van der Waals surface area contributed by atoms with Crippen LogP contribution in [0.4, 0.5) is 0 Å². The number of fused-ring (bicyclic) bond motifs is 1. The number of amides is 2. The predicted octanol–water partition coefficient (Wildman–Crippen LogP) is -0.838. The van der Waals surface area contributed by atoms with Crippen LogP contribution in [0, 0.1) is 5.92 Å². The molecule has 0 spiro atoms. The molecule has 2 amide bonds. The monoisotopic (exact) mass is 251 g/mol. The van der Waals surface area contributed by atoms with Crippen molar-refractivity contribution < 1.29 is 9.59 Å². The average molecular weight is 251 g/mol. The van der Waals surface area contributed by atoms with Crippen LogP contribution in [0.15, 0.2) is 0 Å². The number of nitrogens with zero attached hydrogens (tertiary/aromatic N) is 2. The molecule has 0 saturated carbocycles. The topological polar surface area (TPSA) is 99.8 Å². The van der Waals surface area contributed by atoms with Crippen LogP contribution in [0.25, 0.3) is 0 Å². The molecule has 2 rings (SSSR count). The van der Waals surface area contributed by atoms with Crippen molar-refractivity contribution >= 4 is 11.8 Å². The van der Waals surface area contributed by atoms with E-state index in [-0.39, 0.29) is 17.7 Å². The molecule has 1 heterocycles. The Kier molecular flexibility index (Phi) is 3.91. The van der Waals surface area contributed by atoms with Crippen LogP contribution < -0.4 is 10.6 Å². The second-order valence-corrected chi connectivity index (χ2v) is 4.43. The second kappa shape index (κ2) is 5.61. The third kappa shape index (κ3) is 3.06. The first-order chi connectivity index (χ1) is 8.66. The lowest BCUT2D eigenvalue weighted by atomic mass is 9.89. The van der Waals surface area contributed by atoms with Crippen molar-refractivity contribution in [1.82, 2.24) is 26.0 Å². The Bertz CT molecular complexity index is 442. The summed E-state index contributed by atoms with van der Waals surface area (Å²) in [4.78, 5) is 22.5. The molecule has 1 aromatic rings. The van der Waals surface area contributed by atoms with Crippen LogP contribution in [-0.2, 0) is 22.4 Å². The summed E-state index contributed by atoms with van der Waals surface area (Å²) in [7, 11) is 0. The van der Waals surface area contributed by atoms with Crippen molar-refractivity contribution in [1.29, 1.82) is 0 Å². The molecule has 7 heteroatoms. The summed E-state index contributed by atoms with van der Waals surface area (Å²) in [6.45, 7) is 2.37. The molecule has 0 aromatic carbocycles. The fourth-order valence-corrected chi connectivity index (χ4v) is 2.08. The molecular formula is C11H17N5O2. The van der Waals surface area contributed by atoms with Gasteiger partial charge < -0.3 is 10.6 Å². The molecular weight excluding hydrogens is 234 g/mol. The Labute approximate surface area is 105 Å². The lowest BCUT2D eigenvalue weighted by Crippen LogP contribution is -2.38. The lowest BCUT2D eigenvalue weighted by Gasteiger charge is -2.19. The standard InChI is InChI=1S/C11H17N5O2/c1-7(17)12-4-5-13-11(18)8-2-3-9-10(6-8)15-16-14-9/h8H,2-6H2,1H3,(H,12,17)(H,13,18)(H,14,15,16). The molecule has 18 heavy (non-hydrogen) atoms. The van der Waals surface area contributed by atoms with Crippen LogP contribution in [-0.4, -0.2) is 40.3 Å². The summed E-state index contributed by atoms with van der Waals surface area (Å²) in [5, 5.41) is 16.1. The van der Waals surface area contributed by atoms with E-state index in [1.165, 1.54) is 6.92 Å². The maximum atomic E-state index is 11.9. The van der Waals surface area contributed by atoms with E-state index < -0.39 is 0 Å². The molecule has 98 valence electrons. The SMILES string of the molecule is CC(=O)NCCNC(=O)C1CCc2n[nH]nc2C1. The van der Waals surface area contributed by atoms with Crippen LogP contribution in [0.2, 0.25) is 0 Å². The van der Waals surface area contributed by atoms with Crippen molar-refractivity contribution in [2.24, 2.45) is 5.92 Å². The van der Waals surface area contributed by atoms with Gasteiger partial charge in [0, 0.05) is 32.4 Å². The number of carbonyl (C=O) groups excluding carboxylic acids is 2. The minimum atomic E-state index is -0.0887. The smallest absolute Gasteiger partial charge is 0.223 e. The Balaban J connectivity index is 1.75. The summed E-state index contributed by atoms with van der Waals surface area (Å²) in [6, 6.07) is 0. The van der Waals surface area contributed by atoms with E-state index in [0.717, 1.165) is 24.2 Å². The number of hydrogen-bond donors (Lipinski definition) is 3. The highest BCUT2D eigenvalue weighted by Crippen LogP contribution is 2.22. The summed E-state index contributed by atoms with van der Waals surface area (Å²) < 4.78 is 0. The molecule has 0 saturated heterocycles. The number of rotatable bonds is 4. The van der Waals surface area contributed by atoms with Crippen molar-refractivity contribution in [2.75, 3.05) is 13.1 Å². The van der Waals surface area contributed by atoms with E-state index in [2.05, 4.69) is 26.0 Å². The number of aromatic nitrogens is 3. The van der Waals surface area contributed by atoms with Gasteiger partial charge in [-0.2, -0.15) is 15.4 Å². The minimum Gasteiger partial charge on any atom is -0.355 e. The van der Waals surface area contributed by atoms with Crippen LogP contribution in [0.1, 0.15) is 24.7 Å². The van der Waals surface area contributed by atoms with Gasteiger partial charge in [-0.25, -0.2) is 0 Å². The largest absolute Gasteiger partial charge is 0.355 e. The molecule has 1 aromatic heterocycles. The molecule has 1 aliphatic carbocycles. The number of aryl methyl sites for hydroxylation is 1. The molecule has 1 aliphatic rings. The van der Waals surface area contributed by atoms with Gasteiger partial charge in [0.25, 0.3) is 0 Å². The van der Waals surface area contributed by atoms with Gasteiger partial charge in [0.2, 0.25) is 11.8 Å². The first-order valence-electron chi connectivity index (χ1n) is 6.07. The quantitative estimate of drug-likeness (QED) is 0.608. The van der Waals surface area contributed by atoms with Crippen LogP contribution >= 0.6 is 0 Å². The molecule has 0 bridgehead atoms. The molecule has 0 fully saturated rings. The van der Waals surface area contributed by atoms with Gasteiger partial charge >= 0.3 is 0 Å². The molecule has 0 radical (unpaired) electrons. The van der Waals surface area contributed by atoms with Gasteiger partial charge in [0.05, 0.1) is 11.4 Å². The van der Waals surface area contributed by atoms with Crippen molar-refractivity contribution in [3.63, 3.8) is 0 Å². The maximum Gasteiger partial charge on any atom is 0.223 e. The molecule has 3 N–H and O–H groups in total. The van der Waals surface area contributed by atoms with Gasteiger partial charge in [-0.15, -0.1) is 0 Å². The summed E-state index contributed by atoms with van der Waals surface area (Å²) >= 11 is 0. The normalized spacial score (nSPS) is 17.9.